The zero-order chi connectivity index (χ0) is 12.0. The minimum Gasteiger partial charge on any atom is -0.365 e. The fourth-order valence-corrected chi connectivity index (χ4v) is 1.54. The monoisotopic (exact) mass is 223 g/mol. The van der Waals surface area contributed by atoms with Gasteiger partial charge in [0, 0.05) is 24.9 Å². The molecule has 0 saturated heterocycles. The molecule has 0 radical (unpaired) electrons. The van der Waals surface area contributed by atoms with Crippen molar-refractivity contribution in [2.24, 2.45) is 11.1 Å². The number of aromatic amines is 1. The van der Waals surface area contributed by atoms with Gasteiger partial charge >= 0.3 is 0 Å². The van der Waals surface area contributed by atoms with Crippen molar-refractivity contribution in [1.29, 1.82) is 0 Å². The van der Waals surface area contributed by atoms with Crippen molar-refractivity contribution >= 4 is 0 Å². The third kappa shape index (κ3) is 4.81. The molecule has 16 heavy (non-hydrogen) atoms. The average molecular weight is 223 g/mol. The molecule has 0 aliphatic rings. The molecule has 0 fully saturated rings. The number of rotatable bonds is 7. The molecule has 3 nitrogen and oxygen atoms in total. The summed E-state index contributed by atoms with van der Waals surface area (Å²) in [4.78, 5) is 5.60. The predicted molar refractivity (Wildman–Crippen MR) is 69.4 cm³/mol. The van der Waals surface area contributed by atoms with Crippen LogP contribution >= 0.6 is 0 Å². The number of hydrogen-bond donors (Lipinski definition) is 2. The van der Waals surface area contributed by atoms with Crippen LogP contribution in [-0.4, -0.2) is 36.6 Å². The number of nitrogens with one attached hydrogen (secondary N) is 1. The van der Waals surface area contributed by atoms with E-state index >= 15 is 0 Å². The molecular weight excluding hydrogens is 198 g/mol. The quantitative estimate of drug-likeness (QED) is 0.741. The molecule has 0 unspecified atom stereocenters. The Morgan fingerprint density at radius 2 is 2.12 bits per heavy atom. The highest BCUT2D eigenvalue weighted by molar-refractivity contribution is 5.03. The van der Waals surface area contributed by atoms with Crippen molar-refractivity contribution < 1.29 is 0 Å². The second kappa shape index (κ2) is 6.06. The van der Waals surface area contributed by atoms with Crippen molar-refractivity contribution in [3.63, 3.8) is 0 Å². The molecule has 0 aliphatic heterocycles. The van der Waals surface area contributed by atoms with E-state index in [0.717, 1.165) is 32.5 Å². The molecule has 3 heteroatoms. The SMILES string of the molecule is CN(CCc1ccc[nH]1)CCC(C)(C)CN. The lowest BCUT2D eigenvalue weighted by atomic mass is 9.89. The van der Waals surface area contributed by atoms with E-state index in [4.69, 9.17) is 5.73 Å². The molecule has 1 rings (SSSR count). The molecule has 1 heterocycles. The smallest absolute Gasteiger partial charge is 0.0159 e. The van der Waals surface area contributed by atoms with Crippen LogP contribution in [0.25, 0.3) is 0 Å². The van der Waals surface area contributed by atoms with Crippen LogP contribution in [0.15, 0.2) is 18.3 Å². The van der Waals surface area contributed by atoms with Crippen LogP contribution in [0.1, 0.15) is 26.0 Å². The number of H-pyrrole nitrogens is 1. The van der Waals surface area contributed by atoms with E-state index in [-0.39, 0.29) is 5.41 Å². The Bertz CT molecular complexity index is 277. The van der Waals surface area contributed by atoms with Gasteiger partial charge in [0.2, 0.25) is 0 Å². The zero-order valence-corrected chi connectivity index (χ0v) is 10.8. The van der Waals surface area contributed by atoms with Crippen LogP contribution < -0.4 is 5.73 Å². The summed E-state index contributed by atoms with van der Waals surface area (Å²) in [5.74, 6) is 0. The fourth-order valence-electron chi connectivity index (χ4n) is 1.54. The van der Waals surface area contributed by atoms with Gasteiger partial charge in [0.15, 0.2) is 0 Å². The Kier molecular flexibility index (Phi) is 5.03. The molecule has 1 aromatic heterocycles. The van der Waals surface area contributed by atoms with Crippen molar-refractivity contribution in [3.8, 4) is 0 Å². The van der Waals surface area contributed by atoms with Gasteiger partial charge in [-0.3, -0.25) is 0 Å². The third-order valence-electron chi connectivity index (χ3n) is 3.15. The van der Waals surface area contributed by atoms with Gasteiger partial charge < -0.3 is 15.6 Å². The average Bonchev–Trinajstić information content (AvgIpc) is 2.76. The van der Waals surface area contributed by atoms with E-state index in [1.165, 1.54) is 5.69 Å². The second-order valence-electron chi connectivity index (χ2n) is 5.37. The molecule has 0 aromatic carbocycles. The van der Waals surface area contributed by atoms with Crippen LogP contribution in [-0.2, 0) is 6.42 Å². The lowest BCUT2D eigenvalue weighted by Crippen LogP contribution is -2.30. The van der Waals surface area contributed by atoms with E-state index in [2.05, 4.69) is 36.8 Å². The maximum absolute atomic E-state index is 5.72. The van der Waals surface area contributed by atoms with E-state index in [9.17, 15) is 0 Å². The molecule has 0 saturated carbocycles. The Balaban J connectivity index is 2.18. The van der Waals surface area contributed by atoms with Gasteiger partial charge in [-0.25, -0.2) is 0 Å². The zero-order valence-electron chi connectivity index (χ0n) is 10.8. The first-order valence-electron chi connectivity index (χ1n) is 6.04. The van der Waals surface area contributed by atoms with Gasteiger partial charge in [-0.05, 0) is 44.1 Å². The molecule has 0 spiro atoms. The standard InChI is InChI=1S/C13H25N3/c1-13(2,11-14)7-10-16(3)9-6-12-5-4-8-15-12/h4-5,8,15H,6-7,9-11,14H2,1-3H3. The summed E-state index contributed by atoms with van der Waals surface area (Å²) in [5, 5.41) is 0. The highest BCUT2D eigenvalue weighted by Crippen LogP contribution is 2.18. The maximum Gasteiger partial charge on any atom is 0.0159 e. The van der Waals surface area contributed by atoms with Crippen molar-refractivity contribution in [2.45, 2.75) is 26.7 Å². The summed E-state index contributed by atoms with van der Waals surface area (Å²) in [6.07, 6.45) is 4.23. The van der Waals surface area contributed by atoms with Gasteiger partial charge in [0.05, 0.1) is 0 Å². The predicted octanol–water partition coefficient (Wildman–Crippen LogP) is 1.86. The normalized spacial score (nSPS) is 12.3. The lowest BCUT2D eigenvalue weighted by molar-refractivity contribution is 0.255. The Hall–Kier alpha value is -0.800. The number of hydrogen-bond acceptors (Lipinski definition) is 2. The first kappa shape index (κ1) is 13.3. The lowest BCUT2D eigenvalue weighted by Gasteiger charge is -2.25. The van der Waals surface area contributed by atoms with Crippen molar-refractivity contribution in [3.05, 3.63) is 24.0 Å². The molecule has 92 valence electrons. The maximum atomic E-state index is 5.72. The van der Waals surface area contributed by atoms with Crippen molar-refractivity contribution in [2.75, 3.05) is 26.7 Å². The fraction of sp³-hybridized carbons (Fsp3) is 0.692. The number of nitrogens with zero attached hydrogens (tertiary/aromatic N) is 1. The topological polar surface area (TPSA) is 45.0 Å². The molecule has 3 N–H and O–H groups in total. The van der Waals surface area contributed by atoms with Gasteiger partial charge in [-0.15, -0.1) is 0 Å². The molecule has 0 atom stereocenters. The Morgan fingerprint density at radius 3 is 2.69 bits per heavy atom. The van der Waals surface area contributed by atoms with E-state index < -0.39 is 0 Å². The highest BCUT2D eigenvalue weighted by atomic mass is 15.1. The Labute approximate surface area is 99.0 Å². The van der Waals surface area contributed by atoms with Crippen LogP contribution in [0.3, 0.4) is 0 Å². The first-order chi connectivity index (χ1) is 7.53. The first-order valence-corrected chi connectivity index (χ1v) is 6.04. The summed E-state index contributed by atoms with van der Waals surface area (Å²) >= 11 is 0. The summed E-state index contributed by atoms with van der Waals surface area (Å²) in [6, 6.07) is 4.19. The Morgan fingerprint density at radius 1 is 1.38 bits per heavy atom. The number of aromatic nitrogens is 1. The van der Waals surface area contributed by atoms with Crippen LogP contribution in [0.5, 0.6) is 0 Å². The number of likely N-dealkylation sites (N-methyl/N-ethyl adjacent to an activating group) is 1. The van der Waals surface area contributed by atoms with Crippen LogP contribution in [0.4, 0.5) is 0 Å². The van der Waals surface area contributed by atoms with Crippen LogP contribution in [0.2, 0.25) is 0 Å². The van der Waals surface area contributed by atoms with E-state index in [1.54, 1.807) is 0 Å². The molecular formula is C13H25N3. The van der Waals surface area contributed by atoms with E-state index in [0.29, 0.717) is 0 Å². The highest BCUT2D eigenvalue weighted by Gasteiger charge is 2.15. The van der Waals surface area contributed by atoms with E-state index in [1.807, 2.05) is 12.3 Å². The minimum absolute atomic E-state index is 0.265. The molecule has 0 aliphatic carbocycles. The summed E-state index contributed by atoms with van der Waals surface area (Å²) in [5.41, 5.74) is 7.29. The minimum atomic E-state index is 0.265. The molecule has 1 aromatic rings. The van der Waals surface area contributed by atoms with Gasteiger partial charge in [-0.1, -0.05) is 13.8 Å². The summed E-state index contributed by atoms with van der Waals surface area (Å²) in [7, 11) is 2.18. The molecule has 0 amide bonds. The summed E-state index contributed by atoms with van der Waals surface area (Å²) in [6.45, 7) is 7.43. The van der Waals surface area contributed by atoms with Gasteiger partial charge in [0.1, 0.15) is 0 Å². The number of nitrogens with two attached hydrogens (primary N) is 1. The van der Waals surface area contributed by atoms with Gasteiger partial charge in [-0.2, -0.15) is 0 Å². The largest absolute Gasteiger partial charge is 0.365 e. The molecule has 0 bridgehead atoms. The van der Waals surface area contributed by atoms with Crippen molar-refractivity contribution in [1.82, 2.24) is 9.88 Å². The van der Waals surface area contributed by atoms with Gasteiger partial charge in [0.25, 0.3) is 0 Å². The second-order valence-corrected chi connectivity index (χ2v) is 5.37. The third-order valence-corrected chi connectivity index (χ3v) is 3.15. The summed E-state index contributed by atoms with van der Waals surface area (Å²) < 4.78 is 0. The van der Waals surface area contributed by atoms with Crippen LogP contribution in [0, 0.1) is 5.41 Å².